The van der Waals surface area contributed by atoms with E-state index in [-0.39, 0.29) is 28.1 Å². The molecule has 0 unspecified atom stereocenters. The van der Waals surface area contributed by atoms with Crippen molar-refractivity contribution in [1.29, 1.82) is 0 Å². The molecule has 10 nitrogen and oxygen atoms in total. The van der Waals surface area contributed by atoms with Gasteiger partial charge in [0.2, 0.25) is 0 Å². The lowest BCUT2D eigenvalue weighted by atomic mass is 10.1. The number of fused-ring (bicyclic) bond motifs is 1. The van der Waals surface area contributed by atoms with E-state index in [4.69, 9.17) is 15.3 Å². The number of nitrogen functional groups attached to an aromatic ring is 1. The Bertz CT molecular complexity index is 1380. The molecule has 3 N–H and O–H groups in total. The lowest BCUT2D eigenvalue weighted by molar-refractivity contribution is -0.110. The first-order valence-electron chi connectivity index (χ1n) is 11.3. The van der Waals surface area contributed by atoms with Gasteiger partial charge in [-0.1, -0.05) is 28.6 Å². The zero-order valence-corrected chi connectivity index (χ0v) is 20.6. The van der Waals surface area contributed by atoms with E-state index in [9.17, 15) is 13.2 Å². The molecular formula is C23H25N5O5S2. The maximum Gasteiger partial charge on any atom is 0.280 e. The molecule has 35 heavy (non-hydrogen) atoms. The number of carbonyl (C=O) groups excluding carboxylic acids is 1. The van der Waals surface area contributed by atoms with Crippen molar-refractivity contribution in [2.24, 2.45) is 5.16 Å². The summed E-state index contributed by atoms with van der Waals surface area (Å²) in [6.07, 6.45) is 3.58. The highest BCUT2D eigenvalue weighted by Crippen LogP contribution is 2.33. The van der Waals surface area contributed by atoms with Gasteiger partial charge in [0.25, 0.3) is 5.91 Å². The van der Waals surface area contributed by atoms with E-state index in [0.717, 1.165) is 12.8 Å². The van der Waals surface area contributed by atoms with Gasteiger partial charge in [0, 0.05) is 19.1 Å². The normalized spacial score (nSPS) is 20.8. The van der Waals surface area contributed by atoms with Crippen LogP contribution in [0.3, 0.4) is 0 Å². The van der Waals surface area contributed by atoms with Gasteiger partial charge in [-0.05, 0) is 49.9 Å². The van der Waals surface area contributed by atoms with Gasteiger partial charge < -0.3 is 15.3 Å². The number of nitrogens with zero attached hydrogens (tertiary/aromatic N) is 3. The number of amides is 1. The highest BCUT2D eigenvalue weighted by molar-refractivity contribution is 7.92. The average Bonchev–Trinajstić information content (AvgIpc) is 3.49. The van der Waals surface area contributed by atoms with Crippen LogP contribution in [0.2, 0.25) is 0 Å². The fourth-order valence-electron chi connectivity index (χ4n) is 3.98. The number of thiazole rings is 1. The summed E-state index contributed by atoms with van der Waals surface area (Å²) in [5.74, 6) is -0.169. The van der Waals surface area contributed by atoms with E-state index in [1.807, 2.05) is 0 Å². The number of nitrogens with two attached hydrogens (primary N) is 1. The van der Waals surface area contributed by atoms with Crippen LogP contribution in [-0.4, -0.2) is 54.6 Å². The first kappa shape index (κ1) is 23.6. The fraction of sp³-hybridized carbons (Fsp3) is 0.391. The summed E-state index contributed by atoms with van der Waals surface area (Å²) in [7, 11) is -1.68. The van der Waals surface area contributed by atoms with Crippen molar-refractivity contribution in [3.05, 3.63) is 42.0 Å². The molecule has 1 amide bonds. The van der Waals surface area contributed by atoms with Crippen LogP contribution in [0.4, 0.5) is 10.9 Å². The Morgan fingerprint density at radius 3 is 2.51 bits per heavy atom. The van der Waals surface area contributed by atoms with Gasteiger partial charge in [0.1, 0.15) is 22.3 Å². The molecule has 184 valence electrons. The van der Waals surface area contributed by atoms with Crippen molar-refractivity contribution in [3.63, 3.8) is 0 Å². The van der Waals surface area contributed by atoms with E-state index >= 15 is 0 Å². The number of pyridine rings is 1. The molecule has 0 saturated heterocycles. The number of aromatic nitrogens is 2. The third kappa shape index (κ3) is 5.14. The maximum atomic E-state index is 13.2. The Kier molecular flexibility index (Phi) is 6.43. The predicted octanol–water partition coefficient (Wildman–Crippen LogP) is 3.14. The zero-order valence-electron chi connectivity index (χ0n) is 19.0. The van der Waals surface area contributed by atoms with Crippen LogP contribution >= 0.6 is 11.3 Å². The van der Waals surface area contributed by atoms with Crippen LogP contribution in [-0.2, 0) is 24.2 Å². The van der Waals surface area contributed by atoms with Gasteiger partial charge in [0.05, 0.1) is 16.2 Å². The monoisotopic (exact) mass is 515 g/mol. The Morgan fingerprint density at radius 1 is 1.09 bits per heavy atom. The second-order valence-corrected chi connectivity index (χ2v) is 11.8. The predicted molar refractivity (Wildman–Crippen MR) is 133 cm³/mol. The number of carbonyl (C=O) groups is 1. The standard InChI is InChI=1S/C23H25N5O5S2/c1-32-14-4-5-15(12-14)33-28-20(13-2-6-16(7-3-13)35(30,31)17-8-9-17)21(29)27-23-25-18-10-11-19(24)26-22(18)34-23/h2-3,6-7,10-11,14-15,17H,4-5,8-9,12H2,1H3,(H2,24,26)(H,25,27,29)/b28-20+/t14-,15-/m1/s1. The summed E-state index contributed by atoms with van der Waals surface area (Å²) in [5, 5.41) is 6.96. The largest absolute Gasteiger partial charge is 0.392 e. The molecule has 0 bridgehead atoms. The summed E-state index contributed by atoms with van der Waals surface area (Å²) < 4.78 is 30.5. The number of rotatable bonds is 8. The van der Waals surface area contributed by atoms with Gasteiger partial charge >= 0.3 is 0 Å². The third-order valence-corrected chi connectivity index (χ3v) is 9.25. The molecule has 2 aliphatic rings. The summed E-state index contributed by atoms with van der Waals surface area (Å²) in [6.45, 7) is 0. The number of hydrogen-bond donors (Lipinski definition) is 2. The average molecular weight is 516 g/mol. The molecule has 2 heterocycles. The van der Waals surface area contributed by atoms with Crippen LogP contribution in [0, 0.1) is 0 Å². The number of ether oxygens (including phenoxy) is 1. The number of nitrogens with one attached hydrogen (secondary N) is 1. The Hall–Kier alpha value is -3.09. The maximum absolute atomic E-state index is 13.2. The highest BCUT2D eigenvalue weighted by atomic mass is 32.2. The van der Waals surface area contributed by atoms with Crippen LogP contribution in [0.15, 0.2) is 46.4 Å². The van der Waals surface area contributed by atoms with Crippen molar-refractivity contribution in [2.75, 3.05) is 18.2 Å². The van der Waals surface area contributed by atoms with Crippen LogP contribution in [0.5, 0.6) is 0 Å². The van der Waals surface area contributed by atoms with Gasteiger partial charge in [-0.15, -0.1) is 0 Å². The molecule has 2 aliphatic carbocycles. The van der Waals surface area contributed by atoms with Gasteiger partial charge in [-0.25, -0.2) is 18.4 Å². The molecule has 1 aromatic carbocycles. The minimum absolute atomic E-state index is 0.0213. The first-order chi connectivity index (χ1) is 16.8. The van der Waals surface area contributed by atoms with E-state index < -0.39 is 15.7 Å². The van der Waals surface area contributed by atoms with Gasteiger partial charge in [-0.2, -0.15) is 0 Å². The van der Waals surface area contributed by atoms with Crippen LogP contribution < -0.4 is 11.1 Å². The first-order valence-corrected chi connectivity index (χ1v) is 13.6. The third-order valence-electron chi connectivity index (χ3n) is 6.09. The number of benzene rings is 1. The molecule has 3 aromatic rings. The van der Waals surface area contributed by atoms with E-state index in [2.05, 4.69) is 20.4 Å². The van der Waals surface area contributed by atoms with Crippen LogP contribution in [0.25, 0.3) is 10.3 Å². The molecular weight excluding hydrogens is 490 g/mol. The Labute approximate surface area is 206 Å². The highest BCUT2D eigenvalue weighted by Gasteiger charge is 2.37. The summed E-state index contributed by atoms with van der Waals surface area (Å²) >= 11 is 1.19. The quantitative estimate of drug-likeness (QED) is 0.344. The lowest BCUT2D eigenvalue weighted by Crippen LogP contribution is -2.25. The van der Waals surface area contributed by atoms with Crippen LogP contribution in [0.1, 0.15) is 37.7 Å². The van der Waals surface area contributed by atoms with Gasteiger partial charge in [0.15, 0.2) is 20.7 Å². The number of oxime groups is 1. The fourth-order valence-corrected chi connectivity index (χ4v) is 6.47. The van der Waals surface area contributed by atoms with E-state index in [0.29, 0.717) is 46.1 Å². The SMILES string of the molecule is CO[C@@H]1CC[C@@H](O/N=C(/C(=O)Nc2nc3ccc(N)nc3s2)c2ccc(S(=O)(=O)C3CC3)cc2)C1. The topological polar surface area (TPSA) is 146 Å². The molecule has 5 rings (SSSR count). The number of sulfone groups is 1. The number of hydrogen-bond acceptors (Lipinski definition) is 10. The molecule has 2 atom stereocenters. The van der Waals surface area contributed by atoms with Crippen molar-refractivity contribution in [2.45, 2.75) is 54.5 Å². The number of anilines is 2. The van der Waals surface area contributed by atoms with Crippen molar-refractivity contribution >= 4 is 54.1 Å². The molecule has 12 heteroatoms. The van der Waals surface area contributed by atoms with Crippen molar-refractivity contribution in [3.8, 4) is 0 Å². The molecule has 2 fully saturated rings. The number of methoxy groups -OCH3 is 1. The molecule has 2 aromatic heterocycles. The van der Waals surface area contributed by atoms with Crippen molar-refractivity contribution in [1.82, 2.24) is 9.97 Å². The molecule has 0 spiro atoms. The lowest BCUT2D eigenvalue weighted by Gasteiger charge is -2.12. The summed E-state index contributed by atoms with van der Waals surface area (Å²) in [4.78, 5) is 28.4. The molecule has 0 aliphatic heterocycles. The van der Waals surface area contributed by atoms with E-state index in [1.54, 1.807) is 31.4 Å². The Balaban J connectivity index is 1.40. The smallest absolute Gasteiger partial charge is 0.280 e. The second-order valence-electron chi connectivity index (χ2n) is 8.64. The summed E-state index contributed by atoms with van der Waals surface area (Å²) in [6, 6.07) is 9.53. The second kappa shape index (κ2) is 9.51. The molecule has 2 saturated carbocycles. The minimum atomic E-state index is -3.34. The molecule has 0 radical (unpaired) electrons. The summed E-state index contributed by atoms with van der Waals surface area (Å²) in [5.41, 5.74) is 6.80. The zero-order chi connectivity index (χ0) is 24.6. The minimum Gasteiger partial charge on any atom is -0.392 e. The van der Waals surface area contributed by atoms with E-state index in [1.165, 1.54) is 23.5 Å². The van der Waals surface area contributed by atoms with Gasteiger partial charge in [-0.3, -0.25) is 10.1 Å². The Morgan fingerprint density at radius 2 is 1.83 bits per heavy atom. The van der Waals surface area contributed by atoms with Crippen molar-refractivity contribution < 1.29 is 22.8 Å².